The second-order valence-corrected chi connectivity index (χ2v) is 2.97. The van der Waals surface area contributed by atoms with Gasteiger partial charge in [0.2, 0.25) is 0 Å². The van der Waals surface area contributed by atoms with Gasteiger partial charge in [-0.05, 0) is 13.0 Å². The third-order valence-electron chi connectivity index (χ3n) is 2.17. The summed E-state index contributed by atoms with van der Waals surface area (Å²) in [5.74, 6) is 0. The Labute approximate surface area is 70.4 Å². The number of alkyl halides is 1. The molecule has 0 aromatic heterocycles. The maximum absolute atomic E-state index is 13.1. The maximum atomic E-state index is 13.1. The highest BCUT2D eigenvalue weighted by molar-refractivity contribution is 5.65. The summed E-state index contributed by atoms with van der Waals surface area (Å²) in [5, 5.41) is 11.5. The molecule has 0 bridgehead atoms. The molecule has 0 radical (unpaired) electrons. The number of halogens is 1. The van der Waals surface area contributed by atoms with E-state index in [1.54, 1.807) is 0 Å². The van der Waals surface area contributed by atoms with E-state index in [2.05, 4.69) is 5.32 Å². The molecule has 2 atom stereocenters. The van der Waals surface area contributed by atoms with Crippen molar-refractivity contribution in [2.75, 3.05) is 20.1 Å². The molecule has 4 nitrogen and oxygen atoms in total. The summed E-state index contributed by atoms with van der Waals surface area (Å²) in [4.78, 5) is 11.5. The first kappa shape index (κ1) is 9.25. The molecule has 0 aromatic rings. The summed E-state index contributed by atoms with van der Waals surface area (Å²) in [5.41, 5.74) is 0. The molecule has 1 heterocycles. The lowest BCUT2D eigenvalue weighted by Crippen LogP contribution is -2.51. The molecule has 0 aliphatic carbocycles. The minimum absolute atomic E-state index is 0.252. The highest BCUT2D eigenvalue weighted by Gasteiger charge is 2.30. The molecule has 0 aromatic carbocycles. The lowest BCUT2D eigenvalue weighted by Gasteiger charge is -2.32. The Bertz CT molecular complexity index is 177. The fraction of sp³-hybridized carbons (Fsp3) is 0.857. The summed E-state index contributed by atoms with van der Waals surface area (Å²) < 4.78 is 13.1. The van der Waals surface area contributed by atoms with E-state index in [1.165, 1.54) is 7.05 Å². The second-order valence-electron chi connectivity index (χ2n) is 2.97. The van der Waals surface area contributed by atoms with Gasteiger partial charge in [0.05, 0.1) is 6.04 Å². The molecule has 1 saturated heterocycles. The summed E-state index contributed by atoms with van der Waals surface area (Å²) in [7, 11) is 1.41. The maximum Gasteiger partial charge on any atom is 0.407 e. The topological polar surface area (TPSA) is 52.6 Å². The quantitative estimate of drug-likeness (QED) is 0.604. The van der Waals surface area contributed by atoms with Crippen LogP contribution in [0.25, 0.3) is 0 Å². The zero-order valence-corrected chi connectivity index (χ0v) is 6.96. The van der Waals surface area contributed by atoms with E-state index in [0.717, 1.165) is 4.90 Å². The molecule has 5 heteroatoms. The van der Waals surface area contributed by atoms with Crippen LogP contribution in [0.15, 0.2) is 0 Å². The van der Waals surface area contributed by atoms with Crippen LogP contribution >= 0.6 is 0 Å². The molecular formula is C7H13FN2O2. The van der Waals surface area contributed by atoms with Crippen LogP contribution < -0.4 is 5.32 Å². The number of hydrogen-bond acceptors (Lipinski definition) is 2. The Hall–Kier alpha value is -0.840. The van der Waals surface area contributed by atoms with Gasteiger partial charge in [-0.25, -0.2) is 9.18 Å². The van der Waals surface area contributed by atoms with Crippen molar-refractivity contribution in [3.63, 3.8) is 0 Å². The van der Waals surface area contributed by atoms with Crippen LogP contribution in [0.5, 0.6) is 0 Å². The van der Waals surface area contributed by atoms with Crippen molar-refractivity contribution < 1.29 is 14.3 Å². The molecule has 1 rings (SSSR count). The Kier molecular flexibility index (Phi) is 2.86. The third-order valence-corrected chi connectivity index (χ3v) is 2.17. The predicted molar refractivity (Wildman–Crippen MR) is 42.0 cm³/mol. The van der Waals surface area contributed by atoms with Crippen LogP contribution in [-0.4, -0.2) is 48.5 Å². The van der Waals surface area contributed by atoms with Crippen molar-refractivity contribution in [3.05, 3.63) is 0 Å². The molecule has 1 amide bonds. The van der Waals surface area contributed by atoms with E-state index >= 15 is 0 Å². The van der Waals surface area contributed by atoms with E-state index in [9.17, 15) is 9.18 Å². The normalized spacial score (nSPS) is 29.8. The Morgan fingerprint density at radius 1 is 1.75 bits per heavy atom. The van der Waals surface area contributed by atoms with Crippen LogP contribution in [-0.2, 0) is 0 Å². The molecule has 0 spiro atoms. The SMILES string of the molecule is CN(C(=O)O)[C@H]1CCNC[C@H]1F. The molecule has 1 aliphatic rings. The highest BCUT2D eigenvalue weighted by Crippen LogP contribution is 2.13. The minimum Gasteiger partial charge on any atom is -0.465 e. The molecule has 2 N–H and O–H groups in total. The summed E-state index contributed by atoms with van der Waals surface area (Å²) >= 11 is 0. The number of carboxylic acid groups (broad SMARTS) is 1. The fourth-order valence-corrected chi connectivity index (χ4v) is 1.38. The van der Waals surface area contributed by atoms with E-state index in [-0.39, 0.29) is 6.54 Å². The lowest BCUT2D eigenvalue weighted by molar-refractivity contribution is 0.0894. The zero-order chi connectivity index (χ0) is 9.14. The lowest BCUT2D eigenvalue weighted by atomic mass is 10.0. The first-order valence-electron chi connectivity index (χ1n) is 3.93. The van der Waals surface area contributed by atoms with Crippen LogP contribution in [0, 0.1) is 0 Å². The van der Waals surface area contributed by atoms with Gasteiger partial charge in [0.15, 0.2) is 0 Å². The summed E-state index contributed by atoms with van der Waals surface area (Å²) in [6.07, 6.45) is -1.60. The van der Waals surface area contributed by atoms with Crippen molar-refractivity contribution in [2.45, 2.75) is 18.6 Å². The monoisotopic (exact) mass is 176 g/mol. The number of amides is 1. The summed E-state index contributed by atoms with van der Waals surface area (Å²) in [6, 6.07) is -0.483. The smallest absolute Gasteiger partial charge is 0.407 e. The second kappa shape index (κ2) is 3.71. The van der Waals surface area contributed by atoms with Crippen LogP contribution in [0.2, 0.25) is 0 Å². The number of nitrogens with zero attached hydrogens (tertiary/aromatic N) is 1. The molecule has 1 aliphatic heterocycles. The summed E-state index contributed by atoms with van der Waals surface area (Å²) in [6.45, 7) is 0.936. The Morgan fingerprint density at radius 3 is 2.92 bits per heavy atom. The van der Waals surface area contributed by atoms with Gasteiger partial charge in [-0.15, -0.1) is 0 Å². The number of nitrogens with one attached hydrogen (secondary N) is 1. The van der Waals surface area contributed by atoms with Gasteiger partial charge in [0.25, 0.3) is 0 Å². The van der Waals surface area contributed by atoms with E-state index in [4.69, 9.17) is 5.11 Å². The molecule has 70 valence electrons. The van der Waals surface area contributed by atoms with Crippen LogP contribution in [0.1, 0.15) is 6.42 Å². The number of carbonyl (C=O) groups is 1. The van der Waals surface area contributed by atoms with Crippen molar-refractivity contribution in [3.8, 4) is 0 Å². The largest absolute Gasteiger partial charge is 0.465 e. The zero-order valence-electron chi connectivity index (χ0n) is 6.96. The van der Waals surface area contributed by atoms with Gasteiger partial charge in [0, 0.05) is 13.6 Å². The van der Waals surface area contributed by atoms with Crippen molar-refractivity contribution >= 4 is 6.09 Å². The first-order chi connectivity index (χ1) is 5.63. The van der Waals surface area contributed by atoms with Gasteiger partial charge in [-0.2, -0.15) is 0 Å². The molecule has 0 unspecified atom stereocenters. The van der Waals surface area contributed by atoms with Gasteiger partial charge >= 0.3 is 6.09 Å². The van der Waals surface area contributed by atoms with Crippen molar-refractivity contribution in [1.29, 1.82) is 0 Å². The molecule has 0 saturated carbocycles. The first-order valence-corrected chi connectivity index (χ1v) is 3.93. The average molecular weight is 176 g/mol. The number of piperidine rings is 1. The van der Waals surface area contributed by atoms with Gasteiger partial charge < -0.3 is 15.3 Å². The molecule has 1 fully saturated rings. The minimum atomic E-state index is -1.08. The molecule has 12 heavy (non-hydrogen) atoms. The van der Waals surface area contributed by atoms with Crippen molar-refractivity contribution in [2.24, 2.45) is 0 Å². The Morgan fingerprint density at radius 2 is 2.42 bits per heavy atom. The Balaban J connectivity index is 2.53. The van der Waals surface area contributed by atoms with Crippen molar-refractivity contribution in [1.82, 2.24) is 10.2 Å². The van der Waals surface area contributed by atoms with Crippen LogP contribution in [0.4, 0.5) is 9.18 Å². The van der Waals surface area contributed by atoms with Crippen LogP contribution in [0.3, 0.4) is 0 Å². The molecular weight excluding hydrogens is 163 g/mol. The highest BCUT2D eigenvalue weighted by atomic mass is 19.1. The predicted octanol–water partition coefficient (Wildman–Crippen LogP) is 0.296. The number of rotatable bonds is 1. The van der Waals surface area contributed by atoms with Gasteiger partial charge in [-0.3, -0.25) is 0 Å². The standard InChI is InChI=1S/C7H13FN2O2/c1-10(7(11)12)6-2-3-9-4-5(6)8/h5-6,9H,2-4H2,1H3,(H,11,12)/t5-,6+/m1/s1. The number of hydrogen-bond donors (Lipinski definition) is 2. The van der Waals surface area contributed by atoms with E-state index in [1.807, 2.05) is 0 Å². The average Bonchev–Trinajstić information content (AvgIpc) is 2.04. The third kappa shape index (κ3) is 1.85. The van der Waals surface area contributed by atoms with Gasteiger partial charge in [0.1, 0.15) is 6.17 Å². The fourth-order valence-electron chi connectivity index (χ4n) is 1.38. The van der Waals surface area contributed by atoms with E-state index < -0.39 is 18.3 Å². The van der Waals surface area contributed by atoms with E-state index in [0.29, 0.717) is 13.0 Å². The van der Waals surface area contributed by atoms with Gasteiger partial charge in [-0.1, -0.05) is 0 Å².